The summed E-state index contributed by atoms with van der Waals surface area (Å²) in [6.07, 6.45) is 5.57. The van der Waals surface area contributed by atoms with Crippen molar-refractivity contribution in [1.82, 2.24) is 9.78 Å². The van der Waals surface area contributed by atoms with Crippen LogP contribution in [-0.4, -0.2) is 15.6 Å². The Hall–Kier alpha value is -1.12. The largest absolute Gasteiger partial charge is 0.294 e. The van der Waals surface area contributed by atoms with Gasteiger partial charge in [-0.2, -0.15) is 5.10 Å². The van der Waals surface area contributed by atoms with Gasteiger partial charge >= 0.3 is 0 Å². The van der Waals surface area contributed by atoms with Gasteiger partial charge < -0.3 is 0 Å². The number of hydrogen-bond acceptors (Lipinski definition) is 2. The molecule has 1 saturated carbocycles. The molecule has 88 valence electrons. The molecule has 3 heteroatoms. The van der Waals surface area contributed by atoms with Gasteiger partial charge in [-0.15, -0.1) is 0 Å². The molecule has 3 nitrogen and oxygen atoms in total. The summed E-state index contributed by atoms with van der Waals surface area (Å²) >= 11 is 0. The Balaban J connectivity index is 2.37. The van der Waals surface area contributed by atoms with E-state index >= 15 is 0 Å². The Morgan fingerprint density at radius 2 is 2.00 bits per heavy atom. The highest BCUT2D eigenvalue weighted by Crippen LogP contribution is 2.31. The molecule has 0 unspecified atom stereocenters. The van der Waals surface area contributed by atoms with Crippen LogP contribution in [-0.2, 0) is 0 Å². The molecule has 1 aliphatic rings. The fourth-order valence-electron chi connectivity index (χ4n) is 2.75. The molecule has 0 saturated heterocycles. The molecule has 0 N–H and O–H groups in total. The average Bonchev–Trinajstić information content (AvgIpc) is 2.86. The van der Waals surface area contributed by atoms with Crippen LogP contribution in [0.1, 0.15) is 66.8 Å². The zero-order valence-corrected chi connectivity index (χ0v) is 10.4. The minimum Gasteiger partial charge on any atom is -0.294 e. The number of hydrogen-bond donors (Lipinski definition) is 0. The number of aryl methyl sites for hydroxylation is 1. The van der Waals surface area contributed by atoms with Crippen LogP contribution in [0.2, 0.25) is 0 Å². The number of Topliss-reactive ketones (excluding diaryl/α,β-unsaturated/α-hetero) is 1. The maximum absolute atomic E-state index is 11.8. The van der Waals surface area contributed by atoms with Crippen molar-refractivity contribution in [3.8, 4) is 0 Å². The fourth-order valence-corrected chi connectivity index (χ4v) is 2.75. The SMILES string of the molecule is CCC(=O)c1c(C)nn(C2CCCC2)c1C. The van der Waals surface area contributed by atoms with Crippen molar-refractivity contribution >= 4 is 5.78 Å². The van der Waals surface area contributed by atoms with Crippen LogP contribution in [0.15, 0.2) is 0 Å². The van der Waals surface area contributed by atoms with Gasteiger partial charge in [0, 0.05) is 12.1 Å². The van der Waals surface area contributed by atoms with Crippen LogP contribution >= 0.6 is 0 Å². The van der Waals surface area contributed by atoms with E-state index in [9.17, 15) is 4.79 Å². The van der Waals surface area contributed by atoms with Crippen molar-refractivity contribution in [2.45, 2.75) is 58.9 Å². The van der Waals surface area contributed by atoms with E-state index in [4.69, 9.17) is 0 Å². The molecule has 2 rings (SSSR count). The summed E-state index contributed by atoms with van der Waals surface area (Å²) < 4.78 is 2.09. The van der Waals surface area contributed by atoms with Gasteiger partial charge in [0.1, 0.15) is 0 Å². The Bertz CT molecular complexity index is 400. The molecule has 0 spiro atoms. The summed E-state index contributed by atoms with van der Waals surface area (Å²) in [6, 6.07) is 0.525. The van der Waals surface area contributed by atoms with E-state index in [0.717, 1.165) is 17.0 Å². The Morgan fingerprint density at radius 3 is 2.56 bits per heavy atom. The predicted molar refractivity (Wildman–Crippen MR) is 63.8 cm³/mol. The fraction of sp³-hybridized carbons (Fsp3) is 0.692. The third-order valence-corrected chi connectivity index (χ3v) is 3.60. The van der Waals surface area contributed by atoms with Crippen LogP contribution in [0.4, 0.5) is 0 Å². The molecule has 1 heterocycles. The maximum atomic E-state index is 11.8. The lowest BCUT2D eigenvalue weighted by Gasteiger charge is -2.12. The lowest BCUT2D eigenvalue weighted by atomic mass is 10.1. The van der Waals surface area contributed by atoms with Gasteiger partial charge in [0.05, 0.1) is 17.3 Å². The first-order chi connectivity index (χ1) is 7.65. The smallest absolute Gasteiger partial charge is 0.166 e. The second-order valence-electron chi connectivity index (χ2n) is 4.71. The van der Waals surface area contributed by atoms with Gasteiger partial charge in [-0.3, -0.25) is 9.48 Å². The van der Waals surface area contributed by atoms with Crippen molar-refractivity contribution in [2.75, 3.05) is 0 Å². The first-order valence-electron chi connectivity index (χ1n) is 6.24. The van der Waals surface area contributed by atoms with Gasteiger partial charge in [0.2, 0.25) is 0 Å². The number of rotatable bonds is 3. The van der Waals surface area contributed by atoms with E-state index in [0.29, 0.717) is 12.5 Å². The molecule has 16 heavy (non-hydrogen) atoms. The number of nitrogens with zero attached hydrogens (tertiary/aromatic N) is 2. The van der Waals surface area contributed by atoms with E-state index in [1.165, 1.54) is 25.7 Å². The number of aromatic nitrogens is 2. The average molecular weight is 220 g/mol. The standard InChI is InChI=1S/C13H20N2O/c1-4-12(16)13-9(2)14-15(10(13)3)11-7-5-6-8-11/h11H,4-8H2,1-3H3. The molecule has 1 aliphatic carbocycles. The monoisotopic (exact) mass is 220 g/mol. The third-order valence-electron chi connectivity index (χ3n) is 3.60. The van der Waals surface area contributed by atoms with Crippen molar-refractivity contribution in [3.05, 3.63) is 17.0 Å². The molecule has 1 aromatic rings. The van der Waals surface area contributed by atoms with Crippen LogP contribution < -0.4 is 0 Å². The Labute approximate surface area is 96.8 Å². The van der Waals surface area contributed by atoms with Crippen LogP contribution in [0.3, 0.4) is 0 Å². The third kappa shape index (κ3) is 1.79. The van der Waals surface area contributed by atoms with Gasteiger partial charge in [0.15, 0.2) is 5.78 Å². The van der Waals surface area contributed by atoms with Gasteiger partial charge in [-0.1, -0.05) is 19.8 Å². The summed E-state index contributed by atoms with van der Waals surface area (Å²) in [5.41, 5.74) is 2.82. The summed E-state index contributed by atoms with van der Waals surface area (Å²) in [5.74, 6) is 0.222. The number of ketones is 1. The first kappa shape index (κ1) is 11.4. The maximum Gasteiger partial charge on any atom is 0.166 e. The highest BCUT2D eigenvalue weighted by molar-refractivity contribution is 5.97. The Morgan fingerprint density at radius 1 is 1.38 bits per heavy atom. The van der Waals surface area contributed by atoms with E-state index in [-0.39, 0.29) is 5.78 Å². The first-order valence-corrected chi connectivity index (χ1v) is 6.24. The molecule has 0 atom stereocenters. The normalized spacial score (nSPS) is 16.9. The van der Waals surface area contributed by atoms with Crippen LogP contribution in [0, 0.1) is 13.8 Å². The summed E-state index contributed by atoms with van der Waals surface area (Å²) in [6.45, 7) is 5.89. The molecule has 1 aromatic heterocycles. The van der Waals surface area contributed by atoms with Gasteiger partial charge in [-0.05, 0) is 26.7 Å². The number of carbonyl (C=O) groups is 1. The molecular weight excluding hydrogens is 200 g/mol. The zero-order valence-electron chi connectivity index (χ0n) is 10.4. The van der Waals surface area contributed by atoms with Crippen molar-refractivity contribution in [2.24, 2.45) is 0 Å². The van der Waals surface area contributed by atoms with E-state index in [1.807, 2.05) is 20.8 Å². The molecule has 0 bridgehead atoms. The summed E-state index contributed by atoms with van der Waals surface area (Å²) in [7, 11) is 0. The molecule has 1 fully saturated rings. The molecule has 0 aliphatic heterocycles. The molecular formula is C13H20N2O. The molecule has 0 amide bonds. The minimum atomic E-state index is 0.222. The quantitative estimate of drug-likeness (QED) is 0.733. The topological polar surface area (TPSA) is 34.9 Å². The van der Waals surface area contributed by atoms with E-state index in [2.05, 4.69) is 9.78 Å². The summed E-state index contributed by atoms with van der Waals surface area (Å²) in [5, 5.41) is 4.56. The second-order valence-corrected chi connectivity index (χ2v) is 4.71. The van der Waals surface area contributed by atoms with E-state index < -0.39 is 0 Å². The zero-order chi connectivity index (χ0) is 11.7. The van der Waals surface area contributed by atoms with Crippen LogP contribution in [0.5, 0.6) is 0 Å². The predicted octanol–water partition coefficient (Wildman–Crippen LogP) is 3.21. The Kier molecular flexibility index (Phi) is 3.13. The van der Waals surface area contributed by atoms with Gasteiger partial charge in [-0.25, -0.2) is 0 Å². The summed E-state index contributed by atoms with van der Waals surface area (Å²) in [4.78, 5) is 11.8. The lowest BCUT2D eigenvalue weighted by molar-refractivity contribution is 0.0987. The minimum absolute atomic E-state index is 0.222. The highest BCUT2D eigenvalue weighted by Gasteiger charge is 2.23. The van der Waals surface area contributed by atoms with Crippen molar-refractivity contribution < 1.29 is 4.79 Å². The van der Waals surface area contributed by atoms with Crippen molar-refractivity contribution in [3.63, 3.8) is 0 Å². The molecule has 0 aromatic carbocycles. The second kappa shape index (κ2) is 4.40. The van der Waals surface area contributed by atoms with E-state index in [1.54, 1.807) is 0 Å². The van der Waals surface area contributed by atoms with Gasteiger partial charge in [0.25, 0.3) is 0 Å². The highest BCUT2D eigenvalue weighted by atomic mass is 16.1. The van der Waals surface area contributed by atoms with Crippen molar-refractivity contribution in [1.29, 1.82) is 0 Å². The molecule has 0 radical (unpaired) electrons. The number of carbonyl (C=O) groups excluding carboxylic acids is 1. The lowest BCUT2D eigenvalue weighted by Crippen LogP contribution is -2.09. The van der Waals surface area contributed by atoms with Crippen LogP contribution in [0.25, 0.3) is 0 Å².